The molecule has 11 heavy (non-hydrogen) atoms. The Morgan fingerprint density at radius 3 is 1.73 bits per heavy atom. The van der Waals surface area contributed by atoms with E-state index in [1.165, 1.54) is 6.08 Å². The third kappa shape index (κ3) is 4.10. The van der Waals surface area contributed by atoms with E-state index in [2.05, 4.69) is 0 Å². The van der Waals surface area contributed by atoms with Gasteiger partial charge in [-0.25, -0.2) is 0 Å². The fourth-order valence-electron chi connectivity index (χ4n) is 0.463. The summed E-state index contributed by atoms with van der Waals surface area (Å²) in [5.41, 5.74) is 0. The molecule has 64 valence electrons. The van der Waals surface area contributed by atoms with E-state index < -0.39 is 17.9 Å². The molecule has 0 unspecified atom stereocenters. The number of rotatable bonds is 3. The first-order valence-electron chi connectivity index (χ1n) is 2.68. The molecule has 0 bridgehead atoms. The van der Waals surface area contributed by atoms with Crippen molar-refractivity contribution in [2.75, 3.05) is 0 Å². The summed E-state index contributed by atoms with van der Waals surface area (Å²) in [6, 6.07) is 0. The molecule has 0 saturated carbocycles. The summed E-state index contributed by atoms with van der Waals surface area (Å²) >= 11 is 0. The number of allylic oxidation sites excluding steroid dienone is 1. The molecule has 4 N–H and O–H groups in total. The Hall–Kier alpha value is -1.36. The lowest BCUT2D eigenvalue weighted by atomic mass is 10.1. The van der Waals surface area contributed by atoms with E-state index in [0.717, 1.165) is 6.08 Å². The van der Waals surface area contributed by atoms with E-state index in [1.807, 2.05) is 0 Å². The zero-order valence-electron chi connectivity index (χ0n) is 5.94. The van der Waals surface area contributed by atoms with Gasteiger partial charge in [0.25, 0.3) is 0 Å². The summed E-state index contributed by atoms with van der Waals surface area (Å²) in [6.45, 7) is 1.57. The van der Waals surface area contributed by atoms with E-state index in [0.29, 0.717) is 0 Å². The van der Waals surface area contributed by atoms with Gasteiger partial charge in [0, 0.05) is 0 Å². The van der Waals surface area contributed by atoms with Gasteiger partial charge in [0.15, 0.2) is 5.92 Å². The fourth-order valence-corrected chi connectivity index (χ4v) is 0.463. The highest BCUT2D eigenvalue weighted by atomic mass is 16.4. The molecule has 0 aliphatic heterocycles. The molecule has 0 aromatic heterocycles. The van der Waals surface area contributed by atoms with Gasteiger partial charge in [0.1, 0.15) is 0 Å². The van der Waals surface area contributed by atoms with Crippen LogP contribution in [0.3, 0.4) is 0 Å². The second kappa shape index (κ2) is 5.43. The molecule has 0 rings (SSSR count). The van der Waals surface area contributed by atoms with Gasteiger partial charge in [-0.05, 0) is 6.92 Å². The molecule has 0 aliphatic rings. The average molecular weight is 162 g/mol. The van der Waals surface area contributed by atoms with Crippen LogP contribution in [0.4, 0.5) is 0 Å². The Balaban J connectivity index is 0. The van der Waals surface area contributed by atoms with Gasteiger partial charge in [-0.1, -0.05) is 12.2 Å². The van der Waals surface area contributed by atoms with Crippen LogP contribution in [-0.4, -0.2) is 27.6 Å². The van der Waals surface area contributed by atoms with Crippen LogP contribution in [0.25, 0.3) is 0 Å². The third-order valence-electron chi connectivity index (χ3n) is 0.917. The minimum atomic E-state index is -1.41. The van der Waals surface area contributed by atoms with Crippen molar-refractivity contribution < 1.29 is 25.3 Å². The molecule has 5 heteroatoms. The molecule has 0 atom stereocenters. The maximum Gasteiger partial charge on any atom is 0.321 e. The first-order chi connectivity index (χ1) is 4.59. The van der Waals surface area contributed by atoms with Gasteiger partial charge in [-0.3, -0.25) is 9.59 Å². The van der Waals surface area contributed by atoms with Crippen LogP contribution in [0.5, 0.6) is 0 Å². The highest BCUT2D eigenvalue weighted by Crippen LogP contribution is 1.98. The molecule has 0 saturated heterocycles. The van der Waals surface area contributed by atoms with E-state index in [4.69, 9.17) is 10.2 Å². The Bertz CT molecular complexity index is 158. The van der Waals surface area contributed by atoms with Crippen molar-refractivity contribution in [1.29, 1.82) is 0 Å². The lowest BCUT2D eigenvalue weighted by Gasteiger charge is -1.97. The lowest BCUT2D eigenvalue weighted by Crippen LogP contribution is -2.20. The van der Waals surface area contributed by atoms with E-state index in [-0.39, 0.29) is 5.48 Å². The summed E-state index contributed by atoms with van der Waals surface area (Å²) in [5.74, 6) is -4.10. The molecule has 0 aromatic carbocycles. The maximum atomic E-state index is 10.1. The number of carboxylic acid groups (broad SMARTS) is 2. The summed E-state index contributed by atoms with van der Waals surface area (Å²) < 4.78 is 0. The van der Waals surface area contributed by atoms with Crippen molar-refractivity contribution >= 4 is 11.9 Å². The monoisotopic (exact) mass is 162 g/mol. The van der Waals surface area contributed by atoms with Crippen LogP contribution in [0, 0.1) is 5.92 Å². The number of aliphatic carboxylic acids is 2. The van der Waals surface area contributed by atoms with E-state index >= 15 is 0 Å². The molecule has 0 radical (unpaired) electrons. The van der Waals surface area contributed by atoms with Crippen molar-refractivity contribution in [2.45, 2.75) is 6.92 Å². The first kappa shape index (κ1) is 12.3. The Morgan fingerprint density at radius 2 is 1.64 bits per heavy atom. The molecule has 5 nitrogen and oxygen atoms in total. The summed E-state index contributed by atoms with van der Waals surface area (Å²) in [6.07, 6.45) is 2.51. The summed E-state index contributed by atoms with van der Waals surface area (Å²) in [4.78, 5) is 20.2. The predicted octanol–water partition coefficient (Wildman–Crippen LogP) is -0.477. The maximum absolute atomic E-state index is 10.1. The van der Waals surface area contributed by atoms with Gasteiger partial charge in [0.05, 0.1) is 0 Å². The number of carbonyl (C=O) groups is 2. The molecule has 0 fully saturated rings. The van der Waals surface area contributed by atoms with Crippen LogP contribution in [0.1, 0.15) is 6.92 Å². The van der Waals surface area contributed by atoms with Crippen molar-refractivity contribution in [3.63, 3.8) is 0 Å². The van der Waals surface area contributed by atoms with E-state index in [1.54, 1.807) is 6.92 Å². The van der Waals surface area contributed by atoms with Gasteiger partial charge in [0.2, 0.25) is 0 Å². The van der Waals surface area contributed by atoms with Crippen LogP contribution in [0.15, 0.2) is 12.2 Å². The topological polar surface area (TPSA) is 106 Å². The minimum Gasteiger partial charge on any atom is -0.480 e. The van der Waals surface area contributed by atoms with Crippen molar-refractivity contribution in [3.05, 3.63) is 12.2 Å². The molecule has 0 spiro atoms. The molecule has 0 amide bonds. The summed E-state index contributed by atoms with van der Waals surface area (Å²) in [7, 11) is 0. The normalized spacial score (nSPS) is 9.64. The Kier molecular flexibility index (Phi) is 6.08. The lowest BCUT2D eigenvalue weighted by molar-refractivity contribution is -0.151. The SMILES string of the molecule is C/C=C/C(C(=O)O)C(=O)O.O. The van der Waals surface area contributed by atoms with Crippen LogP contribution >= 0.6 is 0 Å². The quantitative estimate of drug-likeness (QED) is 0.431. The smallest absolute Gasteiger partial charge is 0.321 e. The van der Waals surface area contributed by atoms with Crippen LogP contribution in [-0.2, 0) is 9.59 Å². The second-order valence-corrected chi connectivity index (χ2v) is 1.68. The van der Waals surface area contributed by atoms with Crippen molar-refractivity contribution in [2.24, 2.45) is 5.92 Å². The zero-order valence-corrected chi connectivity index (χ0v) is 5.94. The highest BCUT2D eigenvalue weighted by Gasteiger charge is 2.21. The number of hydrogen-bond donors (Lipinski definition) is 2. The van der Waals surface area contributed by atoms with E-state index in [9.17, 15) is 9.59 Å². The van der Waals surface area contributed by atoms with Gasteiger partial charge in [-0.2, -0.15) is 0 Å². The largest absolute Gasteiger partial charge is 0.480 e. The van der Waals surface area contributed by atoms with Crippen LogP contribution < -0.4 is 0 Å². The van der Waals surface area contributed by atoms with Crippen molar-refractivity contribution in [3.8, 4) is 0 Å². The fraction of sp³-hybridized carbons (Fsp3) is 0.333. The van der Waals surface area contributed by atoms with Crippen molar-refractivity contribution in [1.82, 2.24) is 0 Å². The van der Waals surface area contributed by atoms with Gasteiger partial charge >= 0.3 is 11.9 Å². The predicted molar refractivity (Wildman–Crippen MR) is 37.2 cm³/mol. The standard InChI is InChI=1S/C6H8O4.H2O/c1-2-3-4(5(7)8)6(9)10;/h2-4H,1H3,(H,7,8)(H,9,10);1H2/b3-2+;. The number of carboxylic acids is 2. The Morgan fingerprint density at radius 1 is 1.27 bits per heavy atom. The van der Waals surface area contributed by atoms with Gasteiger partial charge < -0.3 is 15.7 Å². The highest BCUT2D eigenvalue weighted by molar-refractivity contribution is 5.94. The van der Waals surface area contributed by atoms with Gasteiger partial charge in [-0.15, -0.1) is 0 Å². The molecule has 0 heterocycles. The Labute approximate surface area is 63.3 Å². The number of hydrogen-bond acceptors (Lipinski definition) is 2. The summed E-state index contributed by atoms with van der Waals surface area (Å²) in [5, 5.41) is 16.5. The first-order valence-corrected chi connectivity index (χ1v) is 2.68. The van der Waals surface area contributed by atoms with Crippen LogP contribution in [0.2, 0.25) is 0 Å². The average Bonchev–Trinajstić information content (AvgIpc) is 1.81. The molecule has 0 aromatic rings. The minimum absolute atomic E-state index is 0. The zero-order chi connectivity index (χ0) is 8.15. The molecular weight excluding hydrogens is 152 g/mol. The molecular formula is C6H10O5. The second-order valence-electron chi connectivity index (χ2n) is 1.68. The third-order valence-corrected chi connectivity index (χ3v) is 0.917. The molecule has 0 aliphatic carbocycles.